The van der Waals surface area contributed by atoms with Gasteiger partial charge in [-0.05, 0) is 33.3 Å². The summed E-state index contributed by atoms with van der Waals surface area (Å²) in [6, 6.07) is 2.25. The van der Waals surface area contributed by atoms with Gasteiger partial charge in [-0.15, -0.1) is 0 Å². The number of rotatable bonds is 6. The van der Waals surface area contributed by atoms with E-state index >= 15 is 0 Å². The summed E-state index contributed by atoms with van der Waals surface area (Å²) in [6.07, 6.45) is 1.96. The van der Waals surface area contributed by atoms with Crippen LogP contribution in [0.5, 0.6) is 0 Å². The predicted octanol–water partition coefficient (Wildman–Crippen LogP) is 1.51. The van der Waals surface area contributed by atoms with Gasteiger partial charge in [-0.3, -0.25) is 4.68 Å². The SMILES string of the molecule is CCn1nc(C)cc1CC(N)CC(C)OC. The highest BCUT2D eigenvalue weighted by Crippen LogP contribution is 2.09. The van der Waals surface area contributed by atoms with Crippen LogP contribution in [0.3, 0.4) is 0 Å². The lowest BCUT2D eigenvalue weighted by molar-refractivity contribution is 0.104. The third-order valence-corrected chi connectivity index (χ3v) is 2.79. The van der Waals surface area contributed by atoms with Gasteiger partial charge in [0, 0.05) is 31.8 Å². The Balaban J connectivity index is 2.58. The maximum absolute atomic E-state index is 6.09. The second-order valence-electron chi connectivity index (χ2n) is 4.34. The van der Waals surface area contributed by atoms with Crippen LogP contribution >= 0.6 is 0 Å². The summed E-state index contributed by atoms with van der Waals surface area (Å²) < 4.78 is 7.24. The lowest BCUT2D eigenvalue weighted by atomic mass is 10.1. The minimum Gasteiger partial charge on any atom is -0.382 e. The van der Waals surface area contributed by atoms with Crippen LogP contribution in [0.4, 0.5) is 0 Å². The van der Waals surface area contributed by atoms with Crippen LogP contribution in [0, 0.1) is 6.92 Å². The number of ether oxygens (including phenoxy) is 1. The van der Waals surface area contributed by atoms with E-state index in [0.29, 0.717) is 0 Å². The zero-order valence-corrected chi connectivity index (χ0v) is 10.7. The maximum Gasteiger partial charge on any atom is 0.0596 e. The van der Waals surface area contributed by atoms with Crippen LogP contribution in [0.25, 0.3) is 0 Å². The Morgan fingerprint density at radius 1 is 1.56 bits per heavy atom. The maximum atomic E-state index is 6.09. The summed E-state index contributed by atoms with van der Waals surface area (Å²) in [5.74, 6) is 0. The average Bonchev–Trinajstić information content (AvgIpc) is 2.58. The van der Waals surface area contributed by atoms with Crippen LogP contribution in [-0.2, 0) is 17.7 Å². The summed E-state index contributed by atoms with van der Waals surface area (Å²) in [4.78, 5) is 0. The molecule has 0 fully saturated rings. The Morgan fingerprint density at radius 2 is 2.25 bits per heavy atom. The van der Waals surface area contributed by atoms with Gasteiger partial charge in [-0.2, -0.15) is 5.10 Å². The number of aromatic nitrogens is 2. The number of nitrogens with zero attached hydrogens (tertiary/aromatic N) is 2. The lowest BCUT2D eigenvalue weighted by Gasteiger charge is -2.16. The van der Waals surface area contributed by atoms with Crippen molar-refractivity contribution in [1.82, 2.24) is 9.78 Å². The molecule has 0 spiro atoms. The molecule has 16 heavy (non-hydrogen) atoms. The third kappa shape index (κ3) is 3.61. The minimum atomic E-state index is 0.136. The molecule has 4 heteroatoms. The van der Waals surface area contributed by atoms with E-state index in [4.69, 9.17) is 10.5 Å². The highest BCUT2D eigenvalue weighted by Gasteiger charge is 2.12. The minimum absolute atomic E-state index is 0.136. The Morgan fingerprint density at radius 3 is 2.81 bits per heavy atom. The fourth-order valence-electron chi connectivity index (χ4n) is 1.91. The summed E-state index contributed by atoms with van der Waals surface area (Å²) in [5.41, 5.74) is 8.37. The zero-order valence-electron chi connectivity index (χ0n) is 10.7. The van der Waals surface area contributed by atoms with Gasteiger partial charge in [0.25, 0.3) is 0 Å². The molecule has 0 aromatic carbocycles. The van der Waals surface area contributed by atoms with Crippen molar-refractivity contribution in [3.05, 3.63) is 17.5 Å². The molecular weight excluding hydrogens is 202 g/mol. The molecule has 1 heterocycles. The Hall–Kier alpha value is -0.870. The number of nitrogens with two attached hydrogens (primary N) is 1. The summed E-state index contributed by atoms with van der Waals surface area (Å²) in [5, 5.41) is 4.41. The van der Waals surface area contributed by atoms with Crippen LogP contribution in [-0.4, -0.2) is 29.0 Å². The number of methoxy groups -OCH3 is 1. The molecule has 0 amide bonds. The summed E-state index contributed by atoms with van der Waals surface area (Å²) in [6.45, 7) is 7.05. The van der Waals surface area contributed by atoms with Crippen molar-refractivity contribution in [2.75, 3.05) is 7.11 Å². The average molecular weight is 225 g/mol. The number of hydrogen-bond acceptors (Lipinski definition) is 3. The first-order valence-corrected chi connectivity index (χ1v) is 5.88. The van der Waals surface area contributed by atoms with E-state index in [1.54, 1.807) is 7.11 Å². The van der Waals surface area contributed by atoms with E-state index in [1.165, 1.54) is 5.69 Å². The molecule has 2 unspecified atom stereocenters. The van der Waals surface area contributed by atoms with Crippen LogP contribution in [0.2, 0.25) is 0 Å². The zero-order chi connectivity index (χ0) is 12.1. The second kappa shape index (κ2) is 6.01. The first-order chi connectivity index (χ1) is 7.56. The fraction of sp³-hybridized carbons (Fsp3) is 0.750. The van der Waals surface area contributed by atoms with Crippen molar-refractivity contribution in [2.24, 2.45) is 5.73 Å². The molecule has 0 aliphatic rings. The first kappa shape index (κ1) is 13.2. The van der Waals surface area contributed by atoms with Crippen LogP contribution < -0.4 is 5.73 Å². The van der Waals surface area contributed by atoms with Gasteiger partial charge in [0.15, 0.2) is 0 Å². The van der Waals surface area contributed by atoms with E-state index in [2.05, 4.69) is 18.1 Å². The lowest BCUT2D eigenvalue weighted by Crippen LogP contribution is -2.29. The molecule has 0 aliphatic carbocycles. The Kier molecular flexibility index (Phi) is 4.96. The highest BCUT2D eigenvalue weighted by atomic mass is 16.5. The Labute approximate surface area is 97.8 Å². The highest BCUT2D eigenvalue weighted by molar-refractivity contribution is 5.10. The molecule has 1 aromatic heterocycles. The predicted molar refractivity (Wildman–Crippen MR) is 65.4 cm³/mol. The molecular formula is C12H23N3O. The smallest absolute Gasteiger partial charge is 0.0596 e. The molecule has 4 nitrogen and oxygen atoms in total. The molecule has 0 saturated heterocycles. The van der Waals surface area contributed by atoms with Crippen molar-refractivity contribution in [1.29, 1.82) is 0 Å². The Bertz CT molecular complexity index is 322. The standard InChI is InChI=1S/C12H23N3O/c1-5-15-12(6-9(2)14-15)8-11(13)7-10(3)16-4/h6,10-11H,5,7-8,13H2,1-4H3. The topological polar surface area (TPSA) is 53.1 Å². The number of hydrogen-bond donors (Lipinski definition) is 1. The van der Waals surface area contributed by atoms with Gasteiger partial charge in [-0.25, -0.2) is 0 Å². The van der Waals surface area contributed by atoms with Gasteiger partial charge < -0.3 is 10.5 Å². The largest absolute Gasteiger partial charge is 0.382 e. The quantitative estimate of drug-likeness (QED) is 0.798. The van der Waals surface area contributed by atoms with Gasteiger partial charge in [0.05, 0.1) is 11.8 Å². The number of aryl methyl sites for hydroxylation is 2. The van der Waals surface area contributed by atoms with E-state index in [9.17, 15) is 0 Å². The van der Waals surface area contributed by atoms with Gasteiger partial charge >= 0.3 is 0 Å². The molecule has 1 rings (SSSR count). The van der Waals surface area contributed by atoms with Gasteiger partial charge in [0.1, 0.15) is 0 Å². The molecule has 1 aromatic rings. The fourth-order valence-corrected chi connectivity index (χ4v) is 1.91. The molecule has 2 N–H and O–H groups in total. The van der Waals surface area contributed by atoms with Gasteiger partial charge in [-0.1, -0.05) is 0 Å². The first-order valence-electron chi connectivity index (χ1n) is 5.88. The molecule has 0 aliphatic heterocycles. The third-order valence-electron chi connectivity index (χ3n) is 2.79. The normalized spacial score (nSPS) is 15.1. The van der Waals surface area contributed by atoms with E-state index in [-0.39, 0.29) is 12.1 Å². The monoisotopic (exact) mass is 225 g/mol. The van der Waals surface area contributed by atoms with E-state index in [0.717, 1.165) is 25.1 Å². The molecule has 0 radical (unpaired) electrons. The molecule has 0 saturated carbocycles. The molecule has 2 atom stereocenters. The van der Waals surface area contributed by atoms with Crippen LogP contribution in [0.15, 0.2) is 6.07 Å². The van der Waals surface area contributed by atoms with E-state index in [1.807, 2.05) is 18.5 Å². The summed E-state index contributed by atoms with van der Waals surface area (Å²) in [7, 11) is 1.72. The van der Waals surface area contributed by atoms with Crippen LogP contribution in [0.1, 0.15) is 31.7 Å². The van der Waals surface area contributed by atoms with E-state index < -0.39 is 0 Å². The molecule has 0 bridgehead atoms. The molecule has 92 valence electrons. The van der Waals surface area contributed by atoms with Gasteiger partial charge in [0.2, 0.25) is 0 Å². The van der Waals surface area contributed by atoms with Crippen molar-refractivity contribution in [3.8, 4) is 0 Å². The second-order valence-corrected chi connectivity index (χ2v) is 4.34. The van der Waals surface area contributed by atoms with Crippen molar-refractivity contribution in [2.45, 2.75) is 52.3 Å². The van der Waals surface area contributed by atoms with Crippen molar-refractivity contribution < 1.29 is 4.74 Å². The van der Waals surface area contributed by atoms with Crippen molar-refractivity contribution in [3.63, 3.8) is 0 Å². The summed E-state index contributed by atoms with van der Waals surface area (Å²) >= 11 is 0. The van der Waals surface area contributed by atoms with Crippen molar-refractivity contribution >= 4 is 0 Å².